The minimum Gasteiger partial charge on any atom is -0.491 e. The summed E-state index contributed by atoms with van der Waals surface area (Å²) in [5.41, 5.74) is 0.549. The van der Waals surface area contributed by atoms with E-state index >= 15 is 0 Å². The number of hydrogen-bond donors (Lipinski definition) is 4. The summed E-state index contributed by atoms with van der Waals surface area (Å²) in [4.78, 5) is 93.8. The molecule has 3 unspecified atom stereocenters. The van der Waals surface area contributed by atoms with Crippen LogP contribution in [0.2, 0.25) is 0 Å². The summed E-state index contributed by atoms with van der Waals surface area (Å²) in [6.45, 7) is 3.72. The zero-order chi connectivity index (χ0) is 40.9. The topological polar surface area (TPSA) is 193 Å². The highest BCUT2D eigenvalue weighted by Gasteiger charge is 2.40. The molecule has 15 heteroatoms. The molecule has 4 N–H and O–H groups in total. The predicted molar refractivity (Wildman–Crippen MR) is 209 cm³/mol. The van der Waals surface area contributed by atoms with Gasteiger partial charge in [0.15, 0.2) is 0 Å². The van der Waals surface area contributed by atoms with Crippen LogP contribution >= 0.6 is 0 Å². The van der Waals surface area contributed by atoms with Crippen LogP contribution in [0.25, 0.3) is 0 Å². The lowest BCUT2D eigenvalue weighted by atomic mass is 9.83. The Hall–Kier alpha value is -5.31. The maximum Gasteiger partial charge on any atom is 0.289 e. The largest absolute Gasteiger partial charge is 0.491 e. The van der Waals surface area contributed by atoms with Crippen molar-refractivity contribution in [3.05, 3.63) is 72.5 Å². The van der Waals surface area contributed by atoms with Gasteiger partial charge in [0.05, 0.1) is 19.7 Å². The molecule has 15 nitrogen and oxygen atoms in total. The summed E-state index contributed by atoms with van der Waals surface area (Å²) in [6.07, 6.45) is 14.0. The molecular weight excluding hydrogens is 720 g/mol. The molecule has 1 aromatic carbocycles. The van der Waals surface area contributed by atoms with Gasteiger partial charge in [-0.05, 0) is 62.2 Å². The first-order valence-electron chi connectivity index (χ1n) is 19.3. The van der Waals surface area contributed by atoms with Gasteiger partial charge in [-0.2, -0.15) is 0 Å². The fraction of sp³-hybridized carbons (Fsp3) is 0.537. The molecule has 306 valence electrons. The molecule has 1 saturated carbocycles. The van der Waals surface area contributed by atoms with Crippen LogP contribution in [-0.2, 0) is 43.0 Å². The molecule has 0 spiro atoms. The molecule has 6 amide bonds. The molecule has 1 aliphatic heterocycles. The van der Waals surface area contributed by atoms with Crippen LogP contribution < -0.4 is 21.3 Å². The number of carbonyl (C=O) groups excluding carboxylic acids is 7. The third-order valence-corrected chi connectivity index (χ3v) is 9.68. The van der Waals surface area contributed by atoms with Crippen LogP contribution in [0, 0.1) is 5.92 Å². The van der Waals surface area contributed by atoms with Gasteiger partial charge in [0.1, 0.15) is 30.5 Å². The highest BCUT2D eigenvalue weighted by atomic mass is 16.5. The lowest BCUT2D eigenvalue weighted by Gasteiger charge is -2.34. The van der Waals surface area contributed by atoms with E-state index in [1.165, 1.54) is 9.80 Å². The zero-order valence-electron chi connectivity index (χ0n) is 32.9. The molecule has 1 aromatic rings. The fourth-order valence-corrected chi connectivity index (χ4v) is 6.66. The number of likely N-dealkylation sites (N-methyl/N-ethyl adjacent to an activating group) is 1. The first-order valence-corrected chi connectivity index (χ1v) is 19.3. The molecule has 3 atom stereocenters. The molecule has 3 rings (SSSR count). The molecule has 1 heterocycles. The molecule has 0 aromatic heterocycles. The van der Waals surface area contributed by atoms with Gasteiger partial charge in [0.25, 0.3) is 5.91 Å². The van der Waals surface area contributed by atoms with Crippen molar-refractivity contribution < 1.29 is 43.0 Å². The van der Waals surface area contributed by atoms with Gasteiger partial charge in [-0.15, -0.1) is 0 Å². The van der Waals surface area contributed by atoms with Crippen molar-refractivity contribution in [2.75, 3.05) is 54.1 Å². The van der Waals surface area contributed by atoms with Crippen LogP contribution in [-0.4, -0.2) is 117 Å². The van der Waals surface area contributed by atoms with Crippen LogP contribution in [0.15, 0.2) is 67.0 Å². The van der Waals surface area contributed by atoms with E-state index in [4.69, 9.17) is 9.47 Å². The van der Waals surface area contributed by atoms with Crippen molar-refractivity contribution in [1.82, 2.24) is 31.1 Å². The maximum atomic E-state index is 14.0. The van der Waals surface area contributed by atoms with E-state index in [1.807, 2.05) is 12.2 Å². The highest BCUT2D eigenvalue weighted by molar-refractivity contribution is 6.37. The number of benzene rings is 1. The molecule has 56 heavy (non-hydrogen) atoms. The number of nitrogens with one attached hydrogen (secondary N) is 4. The lowest BCUT2D eigenvalue weighted by molar-refractivity contribution is -0.143. The van der Waals surface area contributed by atoms with Crippen molar-refractivity contribution in [1.29, 1.82) is 0 Å². The Balaban J connectivity index is 1.51. The summed E-state index contributed by atoms with van der Waals surface area (Å²) in [5, 5.41) is 10.3. The van der Waals surface area contributed by atoms with Crippen molar-refractivity contribution in [3.63, 3.8) is 0 Å². The number of methoxy groups -OCH3 is 1. The minimum atomic E-state index is -1.09. The fourth-order valence-electron chi connectivity index (χ4n) is 6.66. The Morgan fingerprint density at radius 1 is 0.911 bits per heavy atom. The summed E-state index contributed by atoms with van der Waals surface area (Å²) in [7, 11) is 4.70. The third-order valence-electron chi connectivity index (χ3n) is 9.68. The second-order valence-corrected chi connectivity index (χ2v) is 14.0. The van der Waals surface area contributed by atoms with Crippen molar-refractivity contribution in [2.45, 2.75) is 82.3 Å². The van der Waals surface area contributed by atoms with Gasteiger partial charge in [-0.25, -0.2) is 0 Å². The molecule has 2 aliphatic rings. The lowest BCUT2D eigenvalue weighted by Crippen LogP contribution is -2.56. The monoisotopic (exact) mass is 778 g/mol. The van der Waals surface area contributed by atoms with Gasteiger partial charge >= 0.3 is 0 Å². The Kier molecular flexibility index (Phi) is 19.5. The van der Waals surface area contributed by atoms with Crippen molar-refractivity contribution >= 4 is 41.2 Å². The van der Waals surface area contributed by atoms with Crippen molar-refractivity contribution in [2.24, 2.45) is 5.92 Å². The number of ether oxygens (including phenoxy) is 2. The number of rotatable bonds is 22. The quantitative estimate of drug-likeness (QED) is 0.0592. The van der Waals surface area contributed by atoms with E-state index < -0.39 is 54.7 Å². The first kappa shape index (κ1) is 45.1. The van der Waals surface area contributed by atoms with E-state index in [9.17, 15) is 33.6 Å². The van der Waals surface area contributed by atoms with Crippen LogP contribution in [0.1, 0.15) is 75.8 Å². The normalized spacial score (nSPS) is 17.0. The Labute approximate surface area is 329 Å². The van der Waals surface area contributed by atoms with Gasteiger partial charge in [-0.3, -0.25) is 33.6 Å². The highest BCUT2D eigenvalue weighted by Crippen LogP contribution is 2.29. The second kappa shape index (κ2) is 24.3. The predicted octanol–water partition coefficient (Wildman–Crippen LogP) is 2.25. The first-order chi connectivity index (χ1) is 27.0. The number of nitrogens with zero attached hydrogens (tertiary/aromatic N) is 2. The van der Waals surface area contributed by atoms with Gasteiger partial charge in [0, 0.05) is 34.2 Å². The summed E-state index contributed by atoms with van der Waals surface area (Å²) in [6, 6.07) is 5.97. The SMILES string of the molecule is C=C/C(=C\C=C/CCCC(=O)NC(C(=O)N1CCCC1C(=O)NCC(=O)C(=O)NCC(=O)NC(C(=O)N(C)C)c1ccccc1)C1CCCCC1)OCCOC. The van der Waals surface area contributed by atoms with Gasteiger partial charge < -0.3 is 40.5 Å². The minimum absolute atomic E-state index is 0.0589. The van der Waals surface area contributed by atoms with Gasteiger partial charge in [0.2, 0.25) is 35.3 Å². The van der Waals surface area contributed by atoms with Gasteiger partial charge in [-0.1, -0.05) is 68.3 Å². The maximum absolute atomic E-state index is 14.0. The van der Waals surface area contributed by atoms with E-state index in [1.54, 1.807) is 63.7 Å². The number of allylic oxidation sites excluding steroid dienone is 4. The number of amides is 6. The standard InChI is InChI=1S/C41H58N6O9/c1-5-31(56-26-25-55-4)21-14-6-7-15-23-34(49)44-37(30-19-12-9-13-20-30)41(54)47-24-16-22-32(47)38(51)42-27-33(48)39(52)43-28-35(50)45-36(40(53)46(2)3)29-17-10-8-11-18-29/h5-6,8,10-11,14,17-18,21,30,32,36-37H,1,7,9,12-13,15-16,19-20,22-28H2,2-4H3,(H,42,51)(H,43,52)(H,44,49)(H,45,50)/b14-6-,31-21+. The van der Waals surface area contributed by atoms with E-state index in [0.29, 0.717) is 56.8 Å². The average molecular weight is 779 g/mol. The zero-order valence-corrected chi connectivity index (χ0v) is 32.9. The number of Topliss-reactive ketones (excluding diaryl/α,β-unsaturated/α-hetero) is 1. The molecule has 0 bridgehead atoms. The van der Waals surface area contributed by atoms with E-state index in [0.717, 1.165) is 32.1 Å². The van der Waals surface area contributed by atoms with Crippen LogP contribution in [0.4, 0.5) is 0 Å². The Morgan fingerprint density at radius 3 is 2.32 bits per heavy atom. The van der Waals surface area contributed by atoms with Crippen molar-refractivity contribution in [3.8, 4) is 0 Å². The van der Waals surface area contributed by atoms with E-state index in [-0.39, 0.29) is 30.1 Å². The number of hydrogen-bond acceptors (Lipinski definition) is 9. The summed E-state index contributed by atoms with van der Waals surface area (Å²) < 4.78 is 10.5. The van der Waals surface area contributed by atoms with Crippen LogP contribution in [0.5, 0.6) is 0 Å². The summed E-state index contributed by atoms with van der Waals surface area (Å²) >= 11 is 0. The second-order valence-electron chi connectivity index (χ2n) is 14.0. The Bertz CT molecular complexity index is 1570. The number of likely N-dealkylation sites (tertiary alicyclic amines) is 1. The summed E-state index contributed by atoms with van der Waals surface area (Å²) in [5.74, 6) is -3.73. The molecule has 1 saturated heterocycles. The number of unbranched alkanes of at least 4 members (excludes halogenated alkanes) is 1. The number of ketones is 1. The smallest absolute Gasteiger partial charge is 0.289 e. The number of carbonyl (C=O) groups is 7. The van der Waals surface area contributed by atoms with E-state index in [2.05, 4.69) is 27.8 Å². The molecule has 2 fully saturated rings. The molecular formula is C41H58N6O9. The molecule has 0 radical (unpaired) electrons. The Morgan fingerprint density at radius 2 is 1.64 bits per heavy atom. The average Bonchev–Trinajstić information content (AvgIpc) is 3.71. The third kappa shape index (κ3) is 14.7. The van der Waals surface area contributed by atoms with Crippen LogP contribution in [0.3, 0.4) is 0 Å². The molecule has 1 aliphatic carbocycles.